The van der Waals surface area contributed by atoms with Crippen LogP contribution in [0.15, 0.2) is 54.9 Å². The fraction of sp³-hybridized carbons (Fsp3) is 0. The summed E-state index contributed by atoms with van der Waals surface area (Å²) in [6, 6.07) is 12.2. The minimum absolute atomic E-state index is 0.133. The smallest absolute Gasteiger partial charge is 0.165 e. The first-order valence-corrected chi connectivity index (χ1v) is 4.87. The van der Waals surface area contributed by atoms with Crippen molar-refractivity contribution in [1.29, 1.82) is 0 Å². The van der Waals surface area contributed by atoms with Crippen LogP contribution in [-0.2, 0) is 0 Å². The first-order valence-electron chi connectivity index (χ1n) is 4.87. The highest BCUT2D eigenvalue weighted by Crippen LogP contribution is 2.21. The van der Waals surface area contributed by atoms with Crippen LogP contribution in [0.5, 0.6) is 0 Å². The summed E-state index contributed by atoms with van der Waals surface area (Å²) >= 11 is 0. The Morgan fingerprint density at radius 3 is 1.81 bits per heavy atom. The molecule has 0 aliphatic carbocycles. The molecule has 80 valence electrons. The molecule has 0 saturated carbocycles. The normalized spacial score (nSPS) is 12.0. The zero-order chi connectivity index (χ0) is 11.4. The SMILES string of the molecule is O/C(=C(/O)c1ccncc1)c1ccccc1. The van der Waals surface area contributed by atoms with Crippen LogP contribution >= 0.6 is 0 Å². The van der Waals surface area contributed by atoms with Crippen molar-refractivity contribution >= 4 is 11.5 Å². The van der Waals surface area contributed by atoms with Crippen molar-refractivity contribution in [2.24, 2.45) is 0 Å². The molecule has 2 N–H and O–H groups in total. The molecular weight excluding hydrogens is 202 g/mol. The van der Waals surface area contributed by atoms with Crippen molar-refractivity contribution in [3.05, 3.63) is 66.0 Å². The lowest BCUT2D eigenvalue weighted by Crippen LogP contribution is -1.90. The van der Waals surface area contributed by atoms with E-state index in [9.17, 15) is 10.2 Å². The molecule has 0 unspecified atom stereocenters. The van der Waals surface area contributed by atoms with E-state index in [0.717, 1.165) is 0 Å². The molecular formula is C13H11NO2. The molecule has 16 heavy (non-hydrogen) atoms. The molecule has 3 heteroatoms. The minimum Gasteiger partial charge on any atom is -0.504 e. The van der Waals surface area contributed by atoms with Gasteiger partial charge in [0, 0.05) is 23.5 Å². The lowest BCUT2D eigenvalue weighted by Gasteiger charge is -2.04. The molecule has 1 aromatic heterocycles. The topological polar surface area (TPSA) is 53.4 Å². The van der Waals surface area contributed by atoms with E-state index >= 15 is 0 Å². The van der Waals surface area contributed by atoms with E-state index in [4.69, 9.17) is 0 Å². The fourth-order valence-corrected chi connectivity index (χ4v) is 1.38. The molecule has 0 amide bonds. The second-order valence-corrected chi connectivity index (χ2v) is 3.30. The Morgan fingerprint density at radius 1 is 0.750 bits per heavy atom. The molecule has 0 spiro atoms. The molecule has 2 rings (SSSR count). The van der Waals surface area contributed by atoms with Crippen molar-refractivity contribution in [1.82, 2.24) is 4.98 Å². The lowest BCUT2D eigenvalue weighted by atomic mass is 10.1. The van der Waals surface area contributed by atoms with Crippen LogP contribution in [0.25, 0.3) is 11.5 Å². The number of pyridine rings is 1. The molecule has 0 bridgehead atoms. The van der Waals surface area contributed by atoms with Crippen LogP contribution in [0.3, 0.4) is 0 Å². The van der Waals surface area contributed by atoms with E-state index in [-0.39, 0.29) is 11.5 Å². The second-order valence-electron chi connectivity index (χ2n) is 3.30. The zero-order valence-corrected chi connectivity index (χ0v) is 8.54. The number of hydrogen-bond donors (Lipinski definition) is 2. The van der Waals surface area contributed by atoms with E-state index in [1.54, 1.807) is 48.8 Å². The predicted molar refractivity (Wildman–Crippen MR) is 62.8 cm³/mol. The minimum atomic E-state index is -0.145. The van der Waals surface area contributed by atoms with Crippen LogP contribution in [0, 0.1) is 0 Å². The van der Waals surface area contributed by atoms with Gasteiger partial charge in [-0.1, -0.05) is 30.3 Å². The summed E-state index contributed by atoms with van der Waals surface area (Å²) in [5.74, 6) is -0.277. The molecule has 0 atom stereocenters. The Morgan fingerprint density at radius 2 is 1.25 bits per heavy atom. The Bertz CT molecular complexity index is 444. The van der Waals surface area contributed by atoms with Gasteiger partial charge in [-0.05, 0) is 12.1 Å². The first kappa shape index (κ1) is 10.2. The Hall–Kier alpha value is -2.29. The van der Waals surface area contributed by atoms with Gasteiger partial charge in [-0.15, -0.1) is 0 Å². The van der Waals surface area contributed by atoms with Gasteiger partial charge in [0.25, 0.3) is 0 Å². The molecule has 2 aromatic rings. The second kappa shape index (κ2) is 4.49. The van der Waals surface area contributed by atoms with E-state index < -0.39 is 0 Å². The van der Waals surface area contributed by atoms with E-state index in [1.165, 1.54) is 0 Å². The molecule has 0 aliphatic heterocycles. The largest absolute Gasteiger partial charge is 0.504 e. The summed E-state index contributed by atoms with van der Waals surface area (Å²) in [5.41, 5.74) is 1.12. The maximum Gasteiger partial charge on any atom is 0.165 e. The third kappa shape index (κ3) is 2.03. The standard InChI is InChI=1S/C13H11NO2/c15-12(10-4-2-1-3-5-10)13(16)11-6-8-14-9-7-11/h1-9,15-16H/b13-12+. The third-order valence-corrected chi connectivity index (χ3v) is 2.23. The highest BCUT2D eigenvalue weighted by atomic mass is 16.3. The van der Waals surface area contributed by atoms with Crippen LogP contribution in [0.2, 0.25) is 0 Å². The number of aliphatic hydroxyl groups is 2. The number of hydrogen-bond acceptors (Lipinski definition) is 3. The van der Waals surface area contributed by atoms with Crippen molar-refractivity contribution in [2.45, 2.75) is 0 Å². The molecule has 0 radical (unpaired) electrons. The highest BCUT2D eigenvalue weighted by Gasteiger charge is 2.07. The fourth-order valence-electron chi connectivity index (χ4n) is 1.38. The predicted octanol–water partition coefficient (Wildman–Crippen LogP) is 3.02. The zero-order valence-electron chi connectivity index (χ0n) is 8.54. The van der Waals surface area contributed by atoms with Crippen LogP contribution < -0.4 is 0 Å². The monoisotopic (exact) mass is 213 g/mol. The van der Waals surface area contributed by atoms with Gasteiger partial charge < -0.3 is 10.2 Å². The Kier molecular flexibility index (Phi) is 2.87. The Labute approximate surface area is 93.3 Å². The quantitative estimate of drug-likeness (QED) is 0.754. The molecule has 0 aliphatic rings. The van der Waals surface area contributed by atoms with Gasteiger partial charge in [-0.2, -0.15) is 0 Å². The van der Waals surface area contributed by atoms with Gasteiger partial charge in [-0.3, -0.25) is 4.98 Å². The van der Waals surface area contributed by atoms with Crippen molar-refractivity contribution in [2.75, 3.05) is 0 Å². The number of aromatic nitrogens is 1. The van der Waals surface area contributed by atoms with Gasteiger partial charge in [0.15, 0.2) is 11.5 Å². The van der Waals surface area contributed by atoms with Gasteiger partial charge in [0.2, 0.25) is 0 Å². The average Bonchev–Trinajstić information content (AvgIpc) is 2.39. The van der Waals surface area contributed by atoms with E-state index in [2.05, 4.69) is 4.98 Å². The third-order valence-electron chi connectivity index (χ3n) is 2.23. The lowest BCUT2D eigenvalue weighted by molar-refractivity contribution is 0.459. The van der Waals surface area contributed by atoms with Crippen molar-refractivity contribution in [3.63, 3.8) is 0 Å². The number of nitrogens with zero attached hydrogens (tertiary/aromatic N) is 1. The first-order chi connectivity index (χ1) is 7.79. The molecule has 0 saturated heterocycles. The molecule has 1 heterocycles. The van der Waals surface area contributed by atoms with E-state index in [0.29, 0.717) is 11.1 Å². The van der Waals surface area contributed by atoms with Crippen molar-refractivity contribution in [3.8, 4) is 0 Å². The maximum atomic E-state index is 9.85. The average molecular weight is 213 g/mol. The summed E-state index contributed by atoms with van der Waals surface area (Å²) in [6.07, 6.45) is 3.12. The van der Waals surface area contributed by atoms with Gasteiger partial charge in [0.1, 0.15) is 0 Å². The summed E-state index contributed by atoms with van der Waals surface area (Å²) < 4.78 is 0. The summed E-state index contributed by atoms with van der Waals surface area (Å²) in [6.45, 7) is 0. The Balaban J connectivity index is 2.43. The summed E-state index contributed by atoms with van der Waals surface area (Å²) in [5, 5.41) is 19.7. The van der Waals surface area contributed by atoms with E-state index in [1.807, 2.05) is 6.07 Å². The number of rotatable bonds is 2. The van der Waals surface area contributed by atoms with Gasteiger partial charge >= 0.3 is 0 Å². The molecule has 1 aromatic carbocycles. The van der Waals surface area contributed by atoms with Gasteiger partial charge in [0.05, 0.1) is 0 Å². The van der Waals surface area contributed by atoms with Crippen LogP contribution in [0.4, 0.5) is 0 Å². The molecule has 3 nitrogen and oxygen atoms in total. The summed E-state index contributed by atoms with van der Waals surface area (Å²) in [7, 11) is 0. The van der Waals surface area contributed by atoms with Crippen LogP contribution in [0.1, 0.15) is 11.1 Å². The van der Waals surface area contributed by atoms with Gasteiger partial charge in [-0.25, -0.2) is 0 Å². The van der Waals surface area contributed by atoms with Crippen LogP contribution in [-0.4, -0.2) is 15.2 Å². The highest BCUT2D eigenvalue weighted by molar-refractivity contribution is 5.82. The maximum absolute atomic E-state index is 9.85. The number of benzene rings is 1. The number of aliphatic hydroxyl groups excluding tert-OH is 2. The summed E-state index contributed by atoms with van der Waals surface area (Å²) in [4.78, 5) is 3.84. The van der Waals surface area contributed by atoms with Crippen molar-refractivity contribution < 1.29 is 10.2 Å². The molecule has 0 fully saturated rings.